The second-order valence-electron chi connectivity index (χ2n) is 12.3. The molecule has 3 aliphatic rings. The molecule has 2 atom stereocenters. The third-order valence-electron chi connectivity index (χ3n) is 9.47. The van der Waals surface area contributed by atoms with Crippen LogP contribution in [0, 0.1) is 0 Å². The number of hydrogen-bond donors (Lipinski definition) is 0. The molecule has 0 amide bonds. The highest BCUT2D eigenvalue weighted by Gasteiger charge is 2.42. The van der Waals surface area contributed by atoms with E-state index in [-0.39, 0.29) is 23.8 Å². The van der Waals surface area contributed by atoms with Crippen molar-refractivity contribution >= 4 is 0 Å². The van der Waals surface area contributed by atoms with E-state index < -0.39 is 12.0 Å². The van der Waals surface area contributed by atoms with Crippen molar-refractivity contribution in [2.24, 2.45) is 0 Å². The lowest BCUT2D eigenvalue weighted by Gasteiger charge is -2.47. The van der Waals surface area contributed by atoms with Gasteiger partial charge in [-0.25, -0.2) is 0 Å². The average molecular weight is 603 g/mol. The Morgan fingerprint density at radius 1 is 0.841 bits per heavy atom. The molecule has 0 spiro atoms. The Balaban J connectivity index is 1.24. The lowest BCUT2D eigenvalue weighted by molar-refractivity contribution is -0.146. The van der Waals surface area contributed by atoms with Crippen LogP contribution in [0.15, 0.2) is 78.9 Å². The summed E-state index contributed by atoms with van der Waals surface area (Å²) in [5.74, 6) is -0.214. The maximum Gasteiger partial charge on any atom is 0.453 e. The normalized spacial score (nSPS) is 21.6. The smallest absolute Gasteiger partial charge is 0.453 e. The molecule has 7 nitrogen and oxygen atoms in total. The molecule has 0 radical (unpaired) electrons. The average Bonchev–Trinajstić information content (AvgIpc) is 3.82. The number of benzene rings is 3. The predicted molar refractivity (Wildman–Crippen MR) is 161 cm³/mol. The van der Waals surface area contributed by atoms with Gasteiger partial charge in [0.15, 0.2) is 0 Å². The first kappa shape index (κ1) is 29.0. The highest BCUT2D eigenvalue weighted by molar-refractivity contribution is 5.45. The molecule has 7 rings (SSSR count). The van der Waals surface area contributed by atoms with Gasteiger partial charge in [0.05, 0.1) is 11.8 Å². The minimum Gasteiger partial charge on any atom is -0.490 e. The summed E-state index contributed by atoms with van der Waals surface area (Å²) in [5, 5.41) is 10.3. The van der Waals surface area contributed by atoms with Crippen molar-refractivity contribution in [2.75, 3.05) is 19.6 Å². The fraction of sp³-hybridized carbons (Fsp3) is 0.441. The van der Waals surface area contributed by atoms with Gasteiger partial charge in [-0.2, -0.15) is 17.9 Å². The minimum absolute atomic E-state index is 0.123. The van der Waals surface area contributed by atoms with Crippen LogP contribution in [0.3, 0.4) is 0 Å². The van der Waals surface area contributed by atoms with Crippen LogP contribution in [0.25, 0.3) is 5.69 Å². The van der Waals surface area contributed by atoms with Crippen LogP contribution in [-0.4, -0.2) is 67.8 Å². The number of rotatable bonds is 8. The van der Waals surface area contributed by atoms with Crippen LogP contribution in [-0.2, 0) is 12.7 Å². The summed E-state index contributed by atoms with van der Waals surface area (Å²) in [6, 6.07) is 27.3. The largest absolute Gasteiger partial charge is 0.490 e. The van der Waals surface area contributed by atoms with E-state index in [9.17, 15) is 13.2 Å². The molecule has 44 heavy (non-hydrogen) atoms. The summed E-state index contributed by atoms with van der Waals surface area (Å²) >= 11 is 0. The Hall–Kier alpha value is -3.76. The summed E-state index contributed by atoms with van der Waals surface area (Å²) in [7, 11) is 0. The van der Waals surface area contributed by atoms with Gasteiger partial charge in [0.1, 0.15) is 5.75 Å². The molecule has 3 fully saturated rings. The number of aromatic nitrogens is 4. The van der Waals surface area contributed by atoms with E-state index in [1.54, 1.807) is 18.2 Å². The first-order valence-electron chi connectivity index (χ1n) is 15.7. The van der Waals surface area contributed by atoms with E-state index in [1.165, 1.54) is 11.1 Å². The third kappa shape index (κ3) is 5.97. The molecule has 1 saturated carbocycles. The van der Waals surface area contributed by atoms with Crippen molar-refractivity contribution in [1.29, 1.82) is 0 Å². The number of tetrazole rings is 1. The van der Waals surface area contributed by atoms with Crippen LogP contribution >= 0.6 is 0 Å². The zero-order chi connectivity index (χ0) is 30.1. The van der Waals surface area contributed by atoms with Gasteiger partial charge in [-0.1, -0.05) is 60.7 Å². The van der Waals surface area contributed by atoms with Crippen LogP contribution < -0.4 is 4.74 Å². The van der Waals surface area contributed by atoms with Crippen molar-refractivity contribution in [2.45, 2.75) is 75.4 Å². The first-order valence-corrected chi connectivity index (χ1v) is 15.7. The maximum atomic E-state index is 13.7. The molecule has 2 saturated heterocycles. The van der Waals surface area contributed by atoms with Crippen LogP contribution in [0.4, 0.5) is 13.2 Å². The first-order chi connectivity index (χ1) is 21.4. The van der Waals surface area contributed by atoms with E-state index >= 15 is 0 Å². The van der Waals surface area contributed by atoms with E-state index in [0.717, 1.165) is 74.2 Å². The van der Waals surface area contributed by atoms with Crippen LogP contribution in [0.2, 0.25) is 0 Å². The topological polar surface area (TPSA) is 59.3 Å². The van der Waals surface area contributed by atoms with Gasteiger partial charge >= 0.3 is 6.18 Å². The number of ether oxygens (including phenoxy) is 1. The van der Waals surface area contributed by atoms with E-state index in [2.05, 4.69) is 86.0 Å². The highest BCUT2D eigenvalue weighted by atomic mass is 19.4. The number of nitrogens with zero attached hydrogens (tertiary/aromatic N) is 6. The molecule has 10 heteroatoms. The predicted octanol–water partition coefficient (Wildman–Crippen LogP) is 6.48. The minimum atomic E-state index is -4.67. The number of fused-ring (bicyclic) bond motifs is 1. The molecule has 3 heterocycles. The van der Waals surface area contributed by atoms with Gasteiger partial charge < -0.3 is 4.74 Å². The van der Waals surface area contributed by atoms with Crippen molar-refractivity contribution in [3.8, 4) is 11.4 Å². The third-order valence-corrected chi connectivity index (χ3v) is 9.47. The number of piperazine rings is 1. The van der Waals surface area contributed by atoms with Crippen molar-refractivity contribution in [1.82, 2.24) is 30.0 Å². The van der Waals surface area contributed by atoms with Crippen LogP contribution in [0.5, 0.6) is 5.75 Å². The monoisotopic (exact) mass is 602 g/mol. The number of alkyl halides is 3. The molecule has 3 aromatic carbocycles. The standard InChI is InChI=1S/C34H37F3N6O/c35-34(36,37)33-38-39-40-43(33)27-17-18-31(44-29-15-7-8-16-29)26(20-27)21-41-22-28-14-9-19-42(28)30(23-41)32(24-10-3-1-4-11-24)25-12-5-2-6-13-25/h1-6,10-13,17-18,20,28-30,32H,7-9,14-16,19,21-23H2/t28-,30-/m0/s1. The zero-order valence-corrected chi connectivity index (χ0v) is 24.6. The fourth-order valence-corrected chi connectivity index (χ4v) is 7.52. The highest BCUT2D eigenvalue weighted by Crippen LogP contribution is 2.39. The van der Waals surface area contributed by atoms with Crippen molar-refractivity contribution in [3.05, 3.63) is 101 Å². The molecule has 0 unspecified atom stereocenters. The second kappa shape index (κ2) is 12.3. The molecule has 0 bridgehead atoms. The van der Waals surface area contributed by atoms with Gasteiger partial charge in [-0.3, -0.25) is 9.80 Å². The molecular weight excluding hydrogens is 565 g/mol. The molecule has 1 aromatic heterocycles. The fourth-order valence-electron chi connectivity index (χ4n) is 7.52. The molecule has 1 aliphatic carbocycles. The Morgan fingerprint density at radius 3 is 2.23 bits per heavy atom. The van der Waals surface area contributed by atoms with Gasteiger partial charge in [0.2, 0.25) is 0 Å². The summed E-state index contributed by atoms with van der Waals surface area (Å²) in [5.41, 5.74) is 3.72. The van der Waals surface area contributed by atoms with Gasteiger partial charge in [0, 0.05) is 43.2 Å². The lowest BCUT2D eigenvalue weighted by Crippen LogP contribution is -2.57. The lowest BCUT2D eigenvalue weighted by atomic mass is 9.82. The quantitative estimate of drug-likeness (QED) is 0.230. The van der Waals surface area contributed by atoms with Crippen molar-refractivity contribution < 1.29 is 17.9 Å². The Morgan fingerprint density at radius 2 is 1.55 bits per heavy atom. The van der Waals surface area contributed by atoms with Gasteiger partial charge in [-0.05, 0) is 84.8 Å². The van der Waals surface area contributed by atoms with E-state index in [1.807, 2.05) is 0 Å². The molecule has 4 aromatic rings. The molecule has 0 N–H and O–H groups in total. The maximum absolute atomic E-state index is 13.7. The second-order valence-corrected chi connectivity index (χ2v) is 12.3. The van der Waals surface area contributed by atoms with Crippen molar-refractivity contribution in [3.63, 3.8) is 0 Å². The SMILES string of the molecule is FC(F)(F)c1nnnn1-c1ccc(OC2CCCC2)c(CN2C[C@@H]3CCCN3[C@H](C(c3ccccc3)c3ccccc3)C2)c1. The van der Waals surface area contributed by atoms with Crippen LogP contribution in [0.1, 0.15) is 67.0 Å². The Labute approximate surface area is 255 Å². The molecule has 230 valence electrons. The summed E-state index contributed by atoms with van der Waals surface area (Å²) in [6.07, 6.45) is 1.99. The summed E-state index contributed by atoms with van der Waals surface area (Å²) in [4.78, 5) is 5.17. The summed E-state index contributed by atoms with van der Waals surface area (Å²) in [6.45, 7) is 3.37. The molecular formula is C34H37F3N6O. The zero-order valence-electron chi connectivity index (χ0n) is 24.6. The Bertz CT molecular complexity index is 1500. The number of hydrogen-bond acceptors (Lipinski definition) is 6. The molecule has 2 aliphatic heterocycles. The number of halogens is 3. The van der Waals surface area contributed by atoms with Gasteiger partial charge in [0.25, 0.3) is 5.82 Å². The van der Waals surface area contributed by atoms with Gasteiger partial charge in [-0.15, -0.1) is 5.10 Å². The van der Waals surface area contributed by atoms with E-state index in [4.69, 9.17) is 4.74 Å². The Kier molecular flexibility index (Phi) is 8.12. The van der Waals surface area contributed by atoms with E-state index in [0.29, 0.717) is 12.6 Å². The summed E-state index contributed by atoms with van der Waals surface area (Å²) < 4.78 is 48.4.